The molecule has 0 fully saturated rings. The molecule has 2 aromatic carbocycles. The molecule has 4 rings (SSSR count). The number of ether oxygens (including phenoxy) is 1. The van der Waals surface area contributed by atoms with Crippen molar-refractivity contribution in [2.24, 2.45) is 0 Å². The lowest BCUT2D eigenvalue weighted by atomic mass is 9.94. The number of benzene rings is 2. The Morgan fingerprint density at radius 2 is 1.73 bits per heavy atom. The lowest BCUT2D eigenvalue weighted by Gasteiger charge is -2.27. The zero-order chi connectivity index (χ0) is 23.5. The Hall–Kier alpha value is -4.08. The SMILES string of the molecule is COc1ccc(CN2C(=O)C(C#N)=C(C)/C(=C\c3ccc(-c4ccc(Cl)cc4)o3)C2=O)cc1. The Kier molecular flexibility index (Phi) is 6.16. The third-order valence-electron chi connectivity index (χ3n) is 5.37. The molecule has 1 aliphatic rings. The largest absolute Gasteiger partial charge is 0.497 e. The van der Waals surface area contributed by atoms with Gasteiger partial charge in [-0.25, -0.2) is 0 Å². The van der Waals surface area contributed by atoms with Gasteiger partial charge in [-0.3, -0.25) is 14.5 Å². The summed E-state index contributed by atoms with van der Waals surface area (Å²) in [6.07, 6.45) is 1.56. The van der Waals surface area contributed by atoms with Crippen molar-refractivity contribution < 1.29 is 18.7 Å². The molecule has 2 heterocycles. The van der Waals surface area contributed by atoms with Crippen LogP contribution >= 0.6 is 11.6 Å². The number of nitrogens with zero attached hydrogens (tertiary/aromatic N) is 2. The molecular formula is C26H19ClN2O4. The van der Waals surface area contributed by atoms with E-state index >= 15 is 0 Å². The van der Waals surface area contributed by atoms with Gasteiger partial charge < -0.3 is 9.15 Å². The summed E-state index contributed by atoms with van der Waals surface area (Å²) in [5, 5.41) is 10.2. The molecule has 1 aliphatic heterocycles. The van der Waals surface area contributed by atoms with Crippen LogP contribution < -0.4 is 4.74 Å². The molecule has 7 heteroatoms. The van der Waals surface area contributed by atoms with Crippen LogP contribution in [-0.2, 0) is 16.1 Å². The van der Waals surface area contributed by atoms with Crippen molar-refractivity contribution >= 4 is 29.5 Å². The van der Waals surface area contributed by atoms with Gasteiger partial charge in [-0.1, -0.05) is 23.7 Å². The van der Waals surface area contributed by atoms with E-state index < -0.39 is 11.8 Å². The fourth-order valence-electron chi connectivity index (χ4n) is 3.53. The minimum atomic E-state index is -0.616. The van der Waals surface area contributed by atoms with Crippen molar-refractivity contribution in [2.45, 2.75) is 13.5 Å². The van der Waals surface area contributed by atoms with Crippen molar-refractivity contribution in [1.82, 2.24) is 4.90 Å². The Bertz CT molecular complexity index is 1330. The minimum absolute atomic E-state index is 0.0334. The summed E-state index contributed by atoms with van der Waals surface area (Å²) in [5.74, 6) is 0.596. The van der Waals surface area contributed by atoms with Crippen LogP contribution in [0.2, 0.25) is 5.02 Å². The van der Waals surface area contributed by atoms with Crippen LogP contribution in [-0.4, -0.2) is 23.8 Å². The van der Waals surface area contributed by atoms with Gasteiger partial charge in [0.15, 0.2) is 0 Å². The Morgan fingerprint density at radius 3 is 2.36 bits per heavy atom. The zero-order valence-electron chi connectivity index (χ0n) is 18.0. The number of rotatable bonds is 5. The van der Waals surface area contributed by atoms with Gasteiger partial charge in [0.1, 0.15) is 28.9 Å². The van der Waals surface area contributed by atoms with Crippen molar-refractivity contribution in [3.8, 4) is 23.1 Å². The summed E-state index contributed by atoms with van der Waals surface area (Å²) in [4.78, 5) is 27.2. The van der Waals surface area contributed by atoms with Crippen LogP contribution in [0.3, 0.4) is 0 Å². The maximum Gasteiger partial charge on any atom is 0.271 e. The molecule has 0 atom stereocenters. The first-order valence-corrected chi connectivity index (χ1v) is 10.5. The van der Waals surface area contributed by atoms with Crippen LogP contribution in [0, 0.1) is 11.3 Å². The van der Waals surface area contributed by atoms with E-state index in [1.807, 2.05) is 18.2 Å². The molecule has 0 unspecified atom stereocenters. The number of hydrogen-bond donors (Lipinski definition) is 0. The quantitative estimate of drug-likeness (QED) is 0.377. The fourth-order valence-corrected chi connectivity index (χ4v) is 3.65. The Labute approximate surface area is 195 Å². The topological polar surface area (TPSA) is 83.5 Å². The molecule has 6 nitrogen and oxygen atoms in total. The highest BCUT2D eigenvalue weighted by atomic mass is 35.5. The molecule has 0 aliphatic carbocycles. The van der Waals surface area contributed by atoms with Crippen LogP contribution in [0.25, 0.3) is 17.4 Å². The maximum atomic E-state index is 13.3. The lowest BCUT2D eigenvalue weighted by molar-refractivity contribution is -0.141. The first kappa shape index (κ1) is 22.1. The zero-order valence-corrected chi connectivity index (χ0v) is 18.7. The van der Waals surface area contributed by atoms with E-state index in [0.29, 0.717) is 27.9 Å². The summed E-state index contributed by atoms with van der Waals surface area (Å²) in [6.45, 7) is 1.62. The summed E-state index contributed by atoms with van der Waals surface area (Å²) < 4.78 is 11.0. The van der Waals surface area contributed by atoms with Gasteiger partial charge in [0, 0.05) is 16.2 Å². The van der Waals surface area contributed by atoms with E-state index in [1.54, 1.807) is 68.6 Å². The smallest absolute Gasteiger partial charge is 0.271 e. The van der Waals surface area contributed by atoms with Crippen molar-refractivity contribution in [3.05, 3.63) is 93.7 Å². The van der Waals surface area contributed by atoms with Gasteiger partial charge in [-0.2, -0.15) is 5.26 Å². The molecule has 164 valence electrons. The van der Waals surface area contributed by atoms with Gasteiger partial charge in [0.25, 0.3) is 11.8 Å². The van der Waals surface area contributed by atoms with Crippen LogP contribution in [0.1, 0.15) is 18.2 Å². The van der Waals surface area contributed by atoms with Gasteiger partial charge in [-0.15, -0.1) is 0 Å². The van der Waals surface area contributed by atoms with E-state index in [4.69, 9.17) is 20.8 Å². The summed E-state index contributed by atoms with van der Waals surface area (Å²) in [6, 6.07) is 19.7. The maximum absolute atomic E-state index is 13.3. The monoisotopic (exact) mass is 458 g/mol. The second-order valence-electron chi connectivity index (χ2n) is 7.42. The molecule has 0 saturated heterocycles. The third kappa shape index (κ3) is 4.45. The average Bonchev–Trinajstić information content (AvgIpc) is 3.29. The number of halogens is 1. The molecule has 0 spiro atoms. The normalized spacial score (nSPS) is 15.2. The predicted molar refractivity (Wildman–Crippen MR) is 124 cm³/mol. The fraction of sp³-hybridized carbons (Fsp3) is 0.115. The number of nitriles is 1. The first-order chi connectivity index (χ1) is 15.9. The predicted octanol–water partition coefficient (Wildman–Crippen LogP) is 5.40. The van der Waals surface area contributed by atoms with Gasteiger partial charge in [0.05, 0.1) is 13.7 Å². The summed E-state index contributed by atoms with van der Waals surface area (Å²) in [7, 11) is 1.56. The van der Waals surface area contributed by atoms with Gasteiger partial charge in [-0.05, 0) is 72.7 Å². The van der Waals surface area contributed by atoms with E-state index in [2.05, 4.69) is 0 Å². The Morgan fingerprint density at radius 1 is 1.03 bits per heavy atom. The van der Waals surface area contributed by atoms with E-state index in [0.717, 1.165) is 16.0 Å². The highest BCUT2D eigenvalue weighted by Crippen LogP contribution is 2.30. The summed E-state index contributed by atoms with van der Waals surface area (Å²) in [5.41, 5.74) is 2.05. The van der Waals surface area contributed by atoms with Gasteiger partial charge in [0.2, 0.25) is 0 Å². The van der Waals surface area contributed by atoms with Crippen molar-refractivity contribution in [2.75, 3.05) is 7.11 Å². The minimum Gasteiger partial charge on any atom is -0.497 e. The highest BCUT2D eigenvalue weighted by Gasteiger charge is 2.35. The number of hydrogen-bond acceptors (Lipinski definition) is 5. The average molecular weight is 459 g/mol. The second-order valence-corrected chi connectivity index (χ2v) is 7.86. The molecule has 0 bridgehead atoms. The molecule has 0 radical (unpaired) electrons. The van der Waals surface area contributed by atoms with Crippen molar-refractivity contribution in [3.63, 3.8) is 0 Å². The molecular weight excluding hydrogens is 440 g/mol. The van der Waals surface area contributed by atoms with E-state index in [-0.39, 0.29) is 17.7 Å². The second kappa shape index (κ2) is 9.19. The first-order valence-electron chi connectivity index (χ1n) is 10.1. The van der Waals surface area contributed by atoms with E-state index in [1.165, 1.54) is 0 Å². The molecule has 0 saturated carbocycles. The third-order valence-corrected chi connectivity index (χ3v) is 5.62. The highest BCUT2D eigenvalue weighted by molar-refractivity contribution is 6.30. The molecule has 1 aromatic heterocycles. The molecule has 3 aromatic rings. The number of furan rings is 1. The number of carbonyl (C=O) groups excluding carboxylic acids is 2. The van der Waals surface area contributed by atoms with Crippen LogP contribution in [0.5, 0.6) is 5.75 Å². The lowest BCUT2D eigenvalue weighted by Crippen LogP contribution is -2.42. The molecule has 0 N–H and O–H groups in total. The molecule has 2 amide bonds. The molecule has 33 heavy (non-hydrogen) atoms. The number of methoxy groups -OCH3 is 1. The van der Waals surface area contributed by atoms with Crippen LogP contribution in [0.15, 0.2) is 81.8 Å². The van der Waals surface area contributed by atoms with Crippen molar-refractivity contribution in [1.29, 1.82) is 5.26 Å². The standard InChI is InChI=1S/C26H19ClN2O4/c1-16-22(13-21-11-12-24(33-21)18-5-7-19(27)8-6-18)25(30)29(26(31)23(16)14-28)15-17-3-9-20(32-2)10-4-17/h3-13H,15H2,1-2H3/b22-13+. The number of carbonyl (C=O) groups is 2. The Balaban J connectivity index is 1.68. The number of imide groups is 1. The van der Waals surface area contributed by atoms with Gasteiger partial charge >= 0.3 is 0 Å². The van der Waals surface area contributed by atoms with E-state index in [9.17, 15) is 14.9 Å². The number of amides is 2. The van der Waals surface area contributed by atoms with Crippen LogP contribution in [0.4, 0.5) is 0 Å². The summed E-state index contributed by atoms with van der Waals surface area (Å²) >= 11 is 5.94.